The summed E-state index contributed by atoms with van der Waals surface area (Å²) < 4.78 is 39.6. The third-order valence-electron chi connectivity index (χ3n) is 5.81. The van der Waals surface area contributed by atoms with Gasteiger partial charge in [0.05, 0.1) is 23.7 Å². The third kappa shape index (κ3) is 4.96. The number of ether oxygens (including phenoxy) is 2. The molecule has 0 bridgehead atoms. The predicted octanol–water partition coefficient (Wildman–Crippen LogP) is 4.64. The molecule has 0 aliphatic carbocycles. The molecule has 1 heterocycles. The number of rotatable bonds is 7. The molecule has 1 aliphatic rings. The zero-order valence-electron chi connectivity index (χ0n) is 19.1. The molecular formula is C27H23ClN2O5S. The minimum atomic E-state index is -3.95. The van der Waals surface area contributed by atoms with Crippen LogP contribution in [0.1, 0.15) is 0 Å². The zero-order chi connectivity index (χ0) is 25.1. The predicted molar refractivity (Wildman–Crippen MR) is 139 cm³/mol. The minimum absolute atomic E-state index is 0.112. The van der Waals surface area contributed by atoms with Crippen molar-refractivity contribution < 1.29 is 22.7 Å². The normalized spacial score (nSPS) is 15.1. The standard InChI is InChI=1S/C27H23ClN2O5S/c28-21-11-13-25-24(17-21)30(36(32,33)23-8-2-1-3-9-23)18-26(35-25)27(31)29-14-15-34-22-12-10-19-6-4-5-7-20(19)16-22/h1-13,16-17,26H,14-15,18H2,(H,29,31)/t26-/m1/s1. The van der Waals surface area contributed by atoms with Crippen LogP contribution in [0.5, 0.6) is 11.5 Å². The first kappa shape index (κ1) is 24.0. The Kier molecular flexibility index (Phi) is 6.71. The van der Waals surface area contributed by atoms with E-state index >= 15 is 0 Å². The fraction of sp³-hybridized carbons (Fsp3) is 0.148. The van der Waals surface area contributed by atoms with E-state index in [0.717, 1.165) is 10.8 Å². The maximum atomic E-state index is 13.4. The molecule has 4 aromatic carbocycles. The number of anilines is 1. The third-order valence-corrected chi connectivity index (χ3v) is 7.83. The van der Waals surface area contributed by atoms with Gasteiger partial charge in [-0.25, -0.2) is 8.42 Å². The van der Waals surface area contributed by atoms with Crippen LogP contribution in [-0.2, 0) is 14.8 Å². The fourth-order valence-electron chi connectivity index (χ4n) is 4.02. The summed E-state index contributed by atoms with van der Waals surface area (Å²) in [7, 11) is -3.95. The number of hydrogen-bond donors (Lipinski definition) is 1. The zero-order valence-corrected chi connectivity index (χ0v) is 20.7. The van der Waals surface area contributed by atoms with Gasteiger partial charge >= 0.3 is 0 Å². The molecule has 0 radical (unpaired) electrons. The maximum absolute atomic E-state index is 13.4. The smallest absolute Gasteiger partial charge is 0.264 e. The molecule has 0 aromatic heterocycles. The molecule has 36 heavy (non-hydrogen) atoms. The van der Waals surface area contributed by atoms with Crippen molar-refractivity contribution in [3.63, 3.8) is 0 Å². The number of amides is 1. The summed E-state index contributed by atoms with van der Waals surface area (Å²) in [5.74, 6) is 0.520. The molecule has 0 saturated heterocycles. The number of hydrogen-bond acceptors (Lipinski definition) is 5. The second kappa shape index (κ2) is 10.1. The average Bonchev–Trinajstić information content (AvgIpc) is 2.90. The second-order valence-electron chi connectivity index (χ2n) is 8.22. The Hall–Kier alpha value is -3.75. The first-order chi connectivity index (χ1) is 17.4. The lowest BCUT2D eigenvalue weighted by Crippen LogP contribution is -2.51. The number of nitrogens with one attached hydrogen (secondary N) is 1. The summed E-state index contributed by atoms with van der Waals surface area (Å²) in [6.07, 6.45) is -1.04. The molecule has 1 aliphatic heterocycles. The number of carbonyl (C=O) groups excluding carboxylic acids is 1. The highest BCUT2D eigenvalue weighted by Crippen LogP contribution is 2.38. The van der Waals surface area contributed by atoms with Crippen molar-refractivity contribution in [1.82, 2.24) is 5.32 Å². The van der Waals surface area contributed by atoms with Crippen LogP contribution < -0.4 is 19.1 Å². The quantitative estimate of drug-likeness (QED) is 0.357. The molecule has 7 nitrogen and oxygen atoms in total. The Morgan fingerprint density at radius 1 is 0.972 bits per heavy atom. The molecule has 0 spiro atoms. The molecule has 0 unspecified atom stereocenters. The fourth-order valence-corrected chi connectivity index (χ4v) is 5.68. The van der Waals surface area contributed by atoms with Crippen molar-refractivity contribution in [2.45, 2.75) is 11.0 Å². The number of nitrogens with zero attached hydrogens (tertiary/aromatic N) is 1. The summed E-state index contributed by atoms with van der Waals surface area (Å²) in [6, 6.07) is 26.5. The van der Waals surface area contributed by atoms with Gasteiger partial charge < -0.3 is 14.8 Å². The van der Waals surface area contributed by atoms with Gasteiger partial charge in [-0.3, -0.25) is 9.10 Å². The second-order valence-corrected chi connectivity index (χ2v) is 10.5. The van der Waals surface area contributed by atoms with E-state index in [-0.39, 0.29) is 36.0 Å². The Morgan fingerprint density at radius 2 is 1.72 bits per heavy atom. The molecular weight excluding hydrogens is 500 g/mol. The Bertz CT molecular complexity index is 1510. The van der Waals surface area contributed by atoms with Crippen LogP contribution in [0, 0.1) is 0 Å². The monoisotopic (exact) mass is 522 g/mol. The van der Waals surface area contributed by atoms with Gasteiger partial charge in [-0.1, -0.05) is 60.1 Å². The molecule has 0 saturated carbocycles. The highest BCUT2D eigenvalue weighted by atomic mass is 35.5. The van der Waals surface area contributed by atoms with Crippen LogP contribution in [0.25, 0.3) is 10.8 Å². The summed E-state index contributed by atoms with van der Waals surface area (Å²) in [4.78, 5) is 13.0. The van der Waals surface area contributed by atoms with Gasteiger partial charge in [0.25, 0.3) is 15.9 Å². The van der Waals surface area contributed by atoms with Crippen molar-refractivity contribution >= 4 is 44.0 Å². The Morgan fingerprint density at radius 3 is 2.53 bits per heavy atom. The van der Waals surface area contributed by atoms with Gasteiger partial charge in [0.1, 0.15) is 18.1 Å². The van der Waals surface area contributed by atoms with Crippen molar-refractivity contribution in [3.8, 4) is 11.5 Å². The van der Waals surface area contributed by atoms with Crippen LogP contribution in [0.2, 0.25) is 5.02 Å². The van der Waals surface area contributed by atoms with Crippen molar-refractivity contribution in [2.24, 2.45) is 0 Å². The molecule has 1 N–H and O–H groups in total. The van der Waals surface area contributed by atoms with E-state index in [0.29, 0.717) is 10.8 Å². The molecule has 1 amide bonds. The Balaban J connectivity index is 1.27. The summed E-state index contributed by atoms with van der Waals surface area (Å²) in [5.41, 5.74) is 0.287. The average molecular weight is 523 g/mol. The number of sulfonamides is 1. The first-order valence-corrected chi connectivity index (χ1v) is 13.2. The van der Waals surface area contributed by atoms with E-state index in [1.165, 1.54) is 22.5 Å². The topological polar surface area (TPSA) is 84.9 Å². The van der Waals surface area contributed by atoms with Gasteiger partial charge in [0, 0.05) is 5.02 Å². The van der Waals surface area contributed by atoms with Gasteiger partial charge in [-0.2, -0.15) is 0 Å². The highest BCUT2D eigenvalue weighted by molar-refractivity contribution is 7.92. The summed E-state index contributed by atoms with van der Waals surface area (Å²) in [5, 5.41) is 5.32. The molecule has 9 heteroatoms. The first-order valence-electron chi connectivity index (χ1n) is 11.4. The van der Waals surface area contributed by atoms with Crippen molar-refractivity contribution in [3.05, 3.63) is 96.0 Å². The lowest BCUT2D eigenvalue weighted by Gasteiger charge is -2.34. The van der Waals surface area contributed by atoms with Crippen LogP contribution in [0.3, 0.4) is 0 Å². The van der Waals surface area contributed by atoms with E-state index in [2.05, 4.69) is 5.32 Å². The van der Waals surface area contributed by atoms with E-state index in [9.17, 15) is 13.2 Å². The lowest BCUT2D eigenvalue weighted by atomic mass is 10.1. The number of halogens is 1. The van der Waals surface area contributed by atoms with E-state index in [1.54, 1.807) is 30.3 Å². The van der Waals surface area contributed by atoms with E-state index in [4.69, 9.17) is 21.1 Å². The van der Waals surface area contributed by atoms with Crippen molar-refractivity contribution in [2.75, 3.05) is 24.0 Å². The van der Waals surface area contributed by atoms with Gasteiger partial charge in [0.2, 0.25) is 0 Å². The highest BCUT2D eigenvalue weighted by Gasteiger charge is 2.37. The minimum Gasteiger partial charge on any atom is -0.492 e. The van der Waals surface area contributed by atoms with Crippen LogP contribution in [0.15, 0.2) is 95.9 Å². The van der Waals surface area contributed by atoms with Gasteiger partial charge in [-0.05, 0) is 53.2 Å². The summed E-state index contributed by atoms with van der Waals surface area (Å²) >= 11 is 6.13. The maximum Gasteiger partial charge on any atom is 0.264 e. The summed E-state index contributed by atoms with van der Waals surface area (Å²) in [6.45, 7) is 0.279. The number of benzene rings is 4. The molecule has 0 fully saturated rings. The molecule has 184 valence electrons. The number of fused-ring (bicyclic) bond motifs is 2. The van der Waals surface area contributed by atoms with E-state index in [1.807, 2.05) is 42.5 Å². The van der Waals surface area contributed by atoms with Crippen LogP contribution in [-0.4, -0.2) is 40.1 Å². The van der Waals surface area contributed by atoms with Gasteiger partial charge in [-0.15, -0.1) is 0 Å². The number of carbonyl (C=O) groups is 1. The largest absolute Gasteiger partial charge is 0.492 e. The molecule has 5 rings (SSSR count). The van der Waals surface area contributed by atoms with E-state index < -0.39 is 22.0 Å². The van der Waals surface area contributed by atoms with Crippen LogP contribution >= 0.6 is 11.6 Å². The van der Waals surface area contributed by atoms with Crippen molar-refractivity contribution in [1.29, 1.82) is 0 Å². The van der Waals surface area contributed by atoms with Crippen LogP contribution in [0.4, 0.5) is 5.69 Å². The molecule has 1 atom stereocenters. The Labute approximate surface area is 214 Å². The van der Waals surface area contributed by atoms with Gasteiger partial charge in [0.15, 0.2) is 6.10 Å². The SMILES string of the molecule is O=C(NCCOc1ccc2ccccc2c1)[C@H]1CN(S(=O)(=O)c2ccccc2)c2cc(Cl)ccc2O1. The molecule has 4 aromatic rings. The lowest BCUT2D eigenvalue weighted by molar-refractivity contribution is -0.127.